The summed E-state index contributed by atoms with van der Waals surface area (Å²) < 4.78 is 12.9. The van der Waals surface area contributed by atoms with Crippen LogP contribution in [0.25, 0.3) is 0 Å². The van der Waals surface area contributed by atoms with Gasteiger partial charge in [-0.05, 0) is 30.2 Å². The van der Waals surface area contributed by atoms with E-state index in [4.69, 9.17) is 22.4 Å². The molecule has 1 aromatic rings. The lowest BCUT2D eigenvalue weighted by Crippen LogP contribution is -2.21. The largest absolute Gasteiger partial charge is 0.480 e. The molecule has 0 saturated carbocycles. The molecular formula is C9H9ClFNO2. The van der Waals surface area contributed by atoms with Crippen LogP contribution in [0.15, 0.2) is 12.1 Å². The van der Waals surface area contributed by atoms with Gasteiger partial charge in [0.15, 0.2) is 0 Å². The first-order chi connectivity index (χ1) is 6.43. The van der Waals surface area contributed by atoms with Gasteiger partial charge in [-0.2, -0.15) is 0 Å². The second-order valence-corrected chi connectivity index (χ2v) is 3.32. The van der Waals surface area contributed by atoms with E-state index in [2.05, 4.69) is 0 Å². The highest BCUT2D eigenvalue weighted by Gasteiger charge is 2.18. The van der Waals surface area contributed by atoms with Crippen LogP contribution in [0.5, 0.6) is 0 Å². The van der Waals surface area contributed by atoms with E-state index in [-0.39, 0.29) is 10.6 Å². The topological polar surface area (TPSA) is 63.3 Å². The van der Waals surface area contributed by atoms with Gasteiger partial charge in [-0.25, -0.2) is 4.39 Å². The van der Waals surface area contributed by atoms with Crippen LogP contribution in [0.1, 0.15) is 17.2 Å². The predicted molar refractivity (Wildman–Crippen MR) is 50.7 cm³/mol. The third-order valence-electron chi connectivity index (χ3n) is 1.95. The van der Waals surface area contributed by atoms with E-state index >= 15 is 0 Å². The van der Waals surface area contributed by atoms with Crippen molar-refractivity contribution in [3.05, 3.63) is 34.1 Å². The van der Waals surface area contributed by atoms with E-state index in [0.29, 0.717) is 5.56 Å². The normalized spacial score (nSPS) is 12.6. The Bertz CT molecular complexity index is 381. The number of hydrogen-bond acceptors (Lipinski definition) is 2. The molecule has 1 unspecified atom stereocenters. The fraction of sp³-hybridized carbons (Fsp3) is 0.222. The molecule has 1 rings (SSSR count). The minimum absolute atomic E-state index is 0.178. The fourth-order valence-corrected chi connectivity index (χ4v) is 1.34. The van der Waals surface area contributed by atoms with Gasteiger partial charge in [0.05, 0.1) is 0 Å². The number of carboxylic acid groups (broad SMARTS) is 1. The average molecular weight is 218 g/mol. The van der Waals surface area contributed by atoms with Crippen LogP contribution in [0.3, 0.4) is 0 Å². The summed E-state index contributed by atoms with van der Waals surface area (Å²) in [6.45, 7) is 1.60. The minimum Gasteiger partial charge on any atom is -0.480 e. The molecule has 1 aromatic carbocycles. The number of halogens is 2. The summed E-state index contributed by atoms with van der Waals surface area (Å²) in [4.78, 5) is 10.6. The van der Waals surface area contributed by atoms with Crippen molar-refractivity contribution in [3.8, 4) is 0 Å². The van der Waals surface area contributed by atoms with Crippen molar-refractivity contribution in [1.82, 2.24) is 0 Å². The molecule has 0 aliphatic heterocycles. The average Bonchev–Trinajstić information content (AvgIpc) is 2.09. The predicted octanol–water partition coefficient (Wildman–Crippen LogP) is 1.87. The molecular weight excluding hydrogens is 209 g/mol. The number of benzene rings is 1. The van der Waals surface area contributed by atoms with Crippen molar-refractivity contribution in [3.63, 3.8) is 0 Å². The van der Waals surface area contributed by atoms with Crippen molar-refractivity contribution in [2.24, 2.45) is 5.73 Å². The third kappa shape index (κ3) is 2.02. The van der Waals surface area contributed by atoms with Gasteiger partial charge in [0.2, 0.25) is 0 Å². The quantitative estimate of drug-likeness (QED) is 0.795. The van der Waals surface area contributed by atoms with Gasteiger partial charge in [-0.15, -0.1) is 0 Å². The maximum atomic E-state index is 12.9. The molecule has 0 radical (unpaired) electrons. The van der Waals surface area contributed by atoms with Gasteiger partial charge in [0.25, 0.3) is 0 Å². The molecule has 0 heterocycles. The number of nitrogens with two attached hydrogens (primary N) is 1. The molecule has 3 N–H and O–H groups in total. The molecule has 0 aliphatic carbocycles. The van der Waals surface area contributed by atoms with Gasteiger partial charge < -0.3 is 10.8 Å². The van der Waals surface area contributed by atoms with Crippen molar-refractivity contribution >= 4 is 17.6 Å². The summed E-state index contributed by atoms with van der Waals surface area (Å²) in [7, 11) is 0. The van der Waals surface area contributed by atoms with Crippen LogP contribution in [-0.2, 0) is 4.79 Å². The Balaban J connectivity index is 3.26. The Morgan fingerprint density at radius 2 is 2.21 bits per heavy atom. The van der Waals surface area contributed by atoms with E-state index in [1.165, 1.54) is 0 Å². The lowest BCUT2D eigenvalue weighted by molar-refractivity contribution is -0.138. The summed E-state index contributed by atoms with van der Waals surface area (Å²) in [5.41, 5.74) is 6.04. The summed E-state index contributed by atoms with van der Waals surface area (Å²) in [6, 6.07) is 0.956. The zero-order valence-corrected chi connectivity index (χ0v) is 8.18. The van der Waals surface area contributed by atoms with Crippen LogP contribution in [0, 0.1) is 12.7 Å². The summed E-state index contributed by atoms with van der Waals surface area (Å²) in [6.07, 6.45) is 0. The van der Waals surface area contributed by atoms with Gasteiger partial charge in [-0.1, -0.05) is 11.6 Å². The second-order valence-electron chi connectivity index (χ2n) is 2.92. The summed E-state index contributed by atoms with van der Waals surface area (Å²) >= 11 is 5.68. The maximum Gasteiger partial charge on any atom is 0.325 e. The first-order valence-electron chi connectivity index (χ1n) is 3.87. The van der Waals surface area contributed by atoms with Crippen molar-refractivity contribution in [2.75, 3.05) is 0 Å². The number of carboxylic acids is 1. The van der Waals surface area contributed by atoms with E-state index in [1.54, 1.807) is 6.92 Å². The molecule has 14 heavy (non-hydrogen) atoms. The Hall–Kier alpha value is -1.13. The first-order valence-corrected chi connectivity index (χ1v) is 4.25. The van der Waals surface area contributed by atoms with Gasteiger partial charge in [-0.3, -0.25) is 4.79 Å². The van der Waals surface area contributed by atoms with Gasteiger partial charge in [0.1, 0.15) is 11.9 Å². The van der Waals surface area contributed by atoms with Crippen molar-refractivity contribution in [1.29, 1.82) is 0 Å². The van der Waals surface area contributed by atoms with Crippen LogP contribution in [-0.4, -0.2) is 11.1 Å². The second kappa shape index (κ2) is 3.94. The summed E-state index contributed by atoms with van der Waals surface area (Å²) in [5, 5.41) is 8.83. The highest BCUT2D eigenvalue weighted by Crippen LogP contribution is 2.24. The molecule has 3 nitrogen and oxygen atoms in total. The van der Waals surface area contributed by atoms with Crippen LogP contribution in [0.4, 0.5) is 4.39 Å². The van der Waals surface area contributed by atoms with Crippen molar-refractivity contribution < 1.29 is 14.3 Å². The Kier molecular flexibility index (Phi) is 3.08. The molecule has 76 valence electrons. The third-order valence-corrected chi connectivity index (χ3v) is 2.34. The van der Waals surface area contributed by atoms with Crippen molar-refractivity contribution in [2.45, 2.75) is 13.0 Å². The lowest BCUT2D eigenvalue weighted by atomic mass is 10.0. The SMILES string of the molecule is Cc1c(Cl)cc(F)cc1C(N)C(=O)O. The molecule has 0 saturated heterocycles. The van der Waals surface area contributed by atoms with E-state index < -0.39 is 17.8 Å². The fourth-order valence-electron chi connectivity index (χ4n) is 1.12. The highest BCUT2D eigenvalue weighted by molar-refractivity contribution is 6.31. The zero-order valence-electron chi connectivity index (χ0n) is 7.42. The monoisotopic (exact) mass is 217 g/mol. The lowest BCUT2D eigenvalue weighted by Gasteiger charge is -2.11. The highest BCUT2D eigenvalue weighted by atomic mass is 35.5. The molecule has 0 aliphatic rings. The van der Waals surface area contributed by atoms with Crippen LogP contribution in [0.2, 0.25) is 5.02 Å². The molecule has 0 aromatic heterocycles. The molecule has 0 amide bonds. The molecule has 0 spiro atoms. The number of hydrogen-bond donors (Lipinski definition) is 2. The first kappa shape index (κ1) is 10.9. The number of aliphatic carboxylic acids is 1. The Morgan fingerprint density at radius 3 is 2.71 bits per heavy atom. The van der Waals surface area contributed by atoms with Crippen LogP contribution >= 0.6 is 11.6 Å². The summed E-state index contributed by atoms with van der Waals surface area (Å²) in [5.74, 6) is -1.80. The van der Waals surface area contributed by atoms with Gasteiger partial charge in [0, 0.05) is 5.02 Å². The van der Waals surface area contributed by atoms with E-state index in [9.17, 15) is 9.18 Å². The standard InChI is InChI=1S/C9H9ClFNO2/c1-4-6(8(12)9(13)14)2-5(11)3-7(4)10/h2-3,8H,12H2,1H3,(H,13,14). The number of rotatable bonds is 2. The zero-order chi connectivity index (χ0) is 10.9. The Morgan fingerprint density at radius 1 is 1.64 bits per heavy atom. The van der Waals surface area contributed by atoms with E-state index in [0.717, 1.165) is 12.1 Å². The number of carbonyl (C=O) groups is 1. The molecule has 5 heteroatoms. The Labute approximate surface area is 85.3 Å². The van der Waals surface area contributed by atoms with Gasteiger partial charge >= 0.3 is 5.97 Å². The van der Waals surface area contributed by atoms with Crippen LogP contribution < -0.4 is 5.73 Å². The molecule has 0 fully saturated rings. The molecule has 1 atom stereocenters. The smallest absolute Gasteiger partial charge is 0.325 e. The minimum atomic E-state index is -1.25. The maximum absolute atomic E-state index is 12.9. The molecule has 0 bridgehead atoms. The van der Waals surface area contributed by atoms with E-state index in [1.807, 2.05) is 0 Å².